The van der Waals surface area contributed by atoms with E-state index in [-0.39, 0.29) is 23.9 Å². The molecule has 12 nitrogen and oxygen atoms in total. The zero-order chi connectivity index (χ0) is 35.4. The van der Waals surface area contributed by atoms with Crippen molar-refractivity contribution in [3.05, 3.63) is 65.5 Å². The lowest BCUT2D eigenvalue weighted by Crippen LogP contribution is -2.48. The van der Waals surface area contributed by atoms with Gasteiger partial charge in [-0.1, -0.05) is 38.1 Å². The molecule has 0 aliphatic carbocycles. The van der Waals surface area contributed by atoms with E-state index >= 15 is 0 Å². The second kappa shape index (κ2) is 18.2. The van der Waals surface area contributed by atoms with Gasteiger partial charge in [0.25, 0.3) is 0 Å². The molecule has 2 aromatic carbocycles. The monoisotopic (exact) mass is 676 g/mol. The van der Waals surface area contributed by atoms with E-state index in [4.69, 9.17) is 34.6 Å². The summed E-state index contributed by atoms with van der Waals surface area (Å²) in [7, 11) is 0. The van der Waals surface area contributed by atoms with Crippen LogP contribution in [0.2, 0.25) is 0 Å². The highest BCUT2D eigenvalue weighted by Crippen LogP contribution is 2.26. The van der Waals surface area contributed by atoms with Crippen LogP contribution in [-0.4, -0.2) is 111 Å². The van der Waals surface area contributed by atoms with Crippen molar-refractivity contribution in [1.29, 1.82) is 0 Å². The number of ether oxygens (including phenoxy) is 3. The summed E-state index contributed by atoms with van der Waals surface area (Å²) in [5, 5.41) is 32.5. The summed E-state index contributed by atoms with van der Waals surface area (Å²) in [6, 6.07) is 14.5. The number of aliphatic hydroxyl groups is 2. The number of carbonyl (C=O) groups is 3. The van der Waals surface area contributed by atoms with Gasteiger partial charge in [0.1, 0.15) is 11.6 Å². The summed E-state index contributed by atoms with van der Waals surface area (Å²) in [6.45, 7) is 12.8. The summed E-state index contributed by atoms with van der Waals surface area (Å²) in [5.41, 5.74) is 1.91. The van der Waals surface area contributed by atoms with Crippen molar-refractivity contribution in [2.24, 2.45) is 5.92 Å². The van der Waals surface area contributed by atoms with Crippen LogP contribution in [0, 0.1) is 11.7 Å². The van der Waals surface area contributed by atoms with Crippen molar-refractivity contribution >= 4 is 17.8 Å². The summed E-state index contributed by atoms with van der Waals surface area (Å²) in [4.78, 5) is 37.6. The molecule has 2 aliphatic rings. The molecule has 3 atom stereocenters. The predicted molar refractivity (Wildman–Crippen MR) is 174 cm³/mol. The third-order valence-electron chi connectivity index (χ3n) is 8.09. The number of carbonyl (C=O) groups excluding carboxylic acids is 1. The first-order valence-corrected chi connectivity index (χ1v) is 16.2. The third kappa shape index (κ3) is 12.8. The predicted octanol–water partition coefficient (Wildman–Crippen LogP) is 3.32. The van der Waals surface area contributed by atoms with Crippen LogP contribution >= 0.6 is 0 Å². The molecule has 0 spiro atoms. The van der Waals surface area contributed by atoms with Gasteiger partial charge in [-0.05, 0) is 74.4 Å². The number of aliphatic carboxylic acids is 2. The molecule has 13 heteroatoms. The molecule has 4 rings (SSSR count). The quantitative estimate of drug-likeness (QED) is 0.232. The number of hydrogen-bond donors (Lipinski definition) is 4. The molecule has 0 radical (unpaired) electrons. The Morgan fingerprint density at radius 3 is 2.02 bits per heavy atom. The number of aliphatic hydroxyl groups excluding tert-OH is 2. The van der Waals surface area contributed by atoms with Crippen molar-refractivity contribution in [1.82, 2.24) is 9.80 Å². The number of carboxylic acids is 2. The van der Waals surface area contributed by atoms with Gasteiger partial charge in [0, 0.05) is 32.2 Å². The standard InChI is InChI=1S/C31H43FN2O4.C4H6O6/c1-23(2)21-36-28-11-7-24(8-12-28)19-30(35)34(20-25-5-9-26(32)10-6-25)27-13-16-33(17-14-27)18-15-29-22-37-31(3,4)38-29;5-1(3(7)8)2(6)4(9)10/h5-12,23,27,29H,13-22H2,1-4H3;1-2,5-6H,(H,7,8)(H,9,10). The summed E-state index contributed by atoms with van der Waals surface area (Å²) in [6.07, 6.45) is -1.27. The fraction of sp³-hybridized carbons (Fsp3) is 0.571. The van der Waals surface area contributed by atoms with Crippen LogP contribution in [-0.2, 0) is 36.8 Å². The molecule has 1 amide bonds. The Bertz CT molecular complexity index is 1300. The van der Waals surface area contributed by atoms with E-state index in [1.54, 1.807) is 12.1 Å². The van der Waals surface area contributed by atoms with E-state index in [0.29, 0.717) is 32.1 Å². The largest absolute Gasteiger partial charge is 0.493 e. The van der Waals surface area contributed by atoms with E-state index in [2.05, 4.69) is 18.7 Å². The third-order valence-corrected chi connectivity index (χ3v) is 8.09. The van der Waals surface area contributed by atoms with Gasteiger partial charge in [0.2, 0.25) is 5.91 Å². The molecule has 0 bridgehead atoms. The van der Waals surface area contributed by atoms with E-state index < -0.39 is 29.9 Å². The molecule has 2 aliphatic heterocycles. The summed E-state index contributed by atoms with van der Waals surface area (Å²) < 4.78 is 30.9. The topological polar surface area (TPSA) is 166 Å². The van der Waals surface area contributed by atoms with Crippen LogP contribution in [0.1, 0.15) is 58.1 Å². The Balaban J connectivity index is 0.000000542. The van der Waals surface area contributed by atoms with Crippen LogP contribution in [0.3, 0.4) is 0 Å². The van der Waals surface area contributed by atoms with E-state index in [1.165, 1.54) is 12.1 Å². The number of benzene rings is 2. The fourth-order valence-electron chi connectivity index (χ4n) is 5.41. The van der Waals surface area contributed by atoms with Crippen LogP contribution in [0.15, 0.2) is 48.5 Å². The summed E-state index contributed by atoms with van der Waals surface area (Å²) >= 11 is 0. The van der Waals surface area contributed by atoms with Crippen molar-refractivity contribution in [2.45, 2.75) is 90.1 Å². The highest BCUT2D eigenvalue weighted by atomic mass is 19.1. The average Bonchev–Trinajstić information content (AvgIpc) is 3.41. The van der Waals surface area contributed by atoms with Gasteiger partial charge >= 0.3 is 11.9 Å². The highest BCUT2D eigenvalue weighted by Gasteiger charge is 2.34. The van der Waals surface area contributed by atoms with Crippen molar-refractivity contribution in [3.63, 3.8) is 0 Å². The molecule has 3 unspecified atom stereocenters. The minimum Gasteiger partial charge on any atom is -0.493 e. The lowest BCUT2D eigenvalue weighted by atomic mass is 10.00. The van der Waals surface area contributed by atoms with Crippen LogP contribution in [0.25, 0.3) is 0 Å². The molecule has 2 aromatic rings. The fourth-order valence-corrected chi connectivity index (χ4v) is 5.41. The molecule has 2 fully saturated rings. The maximum absolute atomic E-state index is 13.6. The number of rotatable bonds is 14. The molecule has 2 heterocycles. The number of hydrogen-bond acceptors (Lipinski definition) is 9. The molecule has 0 saturated carbocycles. The lowest BCUT2D eigenvalue weighted by Gasteiger charge is -2.39. The van der Waals surface area contributed by atoms with E-state index in [1.807, 2.05) is 43.0 Å². The Kier molecular flexibility index (Phi) is 14.7. The Morgan fingerprint density at radius 2 is 1.52 bits per heavy atom. The normalized spacial score (nSPS) is 19.2. The molecular weight excluding hydrogens is 627 g/mol. The average molecular weight is 677 g/mol. The molecule has 4 N–H and O–H groups in total. The maximum Gasteiger partial charge on any atom is 0.335 e. The molecule has 48 heavy (non-hydrogen) atoms. The number of piperidine rings is 1. The Labute approximate surface area is 281 Å². The van der Waals surface area contributed by atoms with Gasteiger partial charge in [0.05, 0.1) is 25.7 Å². The van der Waals surface area contributed by atoms with Crippen molar-refractivity contribution in [2.75, 3.05) is 32.8 Å². The van der Waals surface area contributed by atoms with Gasteiger partial charge in [-0.15, -0.1) is 0 Å². The zero-order valence-corrected chi connectivity index (χ0v) is 28.1. The van der Waals surface area contributed by atoms with Gasteiger partial charge in [-0.3, -0.25) is 4.79 Å². The molecule has 0 aromatic heterocycles. The second-order valence-corrected chi connectivity index (χ2v) is 13.1. The van der Waals surface area contributed by atoms with E-state index in [9.17, 15) is 18.8 Å². The summed E-state index contributed by atoms with van der Waals surface area (Å²) in [5.74, 6) is -2.91. The zero-order valence-electron chi connectivity index (χ0n) is 28.1. The maximum atomic E-state index is 13.6. The molecular formula is C35H49FN2O10. The first-order chi connectivity index (χ1) is 22.6. The lowest BCUT2D eigenvalue weighted by molar-refractivity contribution is -0.165. The highest BCUT2D eigenvalue weighted by molar-refractivity contribution is 5.83. The van der Waals surface area contributed by atoms with Crippen molar-refractivity contribution < 1.29 is 53.4 Å². The number of likely N-dealkylation sites (tertiary alicyclic amines) is 1. The van der Waals surface area contributed by atoms with Crippen LogP contribution in [0.4, 0.5) is 4.39 Å². The smallest absolute Gasteiger partial charge is 0.335 e. The van der Waals surface area contributed by atoms with Crippen molar-refractivity contribution in [3.8, 4) is 5.75 Å². The second-order valence-electron chi connectivity index (χ2n) is 13.1. The number of carboxylic acid groups (broad SMARTS) is 2. The Hall–Kier alpha value is -3.62. The SMILES string of the molecule is CC(C)COc1ccc(CC(=O)N(Cc2ccc(F)cc2)C2CCN(CCC3COC(C)(C)O3)CC2)cc1.O=C(O)C(O)C(O)C(=O)O. The first kappa shape index (κ1) is 38.8. The number of nitrogens with zero attached hydrogens (tertiary/aromatic N) is 2. The van der Waals surface area contributed by atoms with Gasteiger partial charge in [-0.25, -0.2) is 14.0 Å². The number of amides is 1. The molecule has 2 saturated heterocycles. The number of halogens is 1. The van der Waals surface area contributed by atoms with Crippen LogP contribution < -0.4 is 4.74 Å². The minimum absolute atomic E-state index is 0.0994. The molecule has 266 valence electrons. The first-order valence-electron chi connectivity index (χ1n) is 16.2. The van der Waals surface area contributed by atoms with Crippen LogP contribution in [0.5, 0.6) is 5.75 Å². The van der Waals surface area contributed by atoms with Gasteiger partial charge < -0.3 is 44.4 Å². The van der Waals surface area contributed by atoms with Gasteiger partial charge in [-0.2, -0.15) is 0 Å². The minimum atomic E-state index is -2.27. The van der Waals surface area contributed by atoms with Gasteiger partial charge in [0.15, 0.2) is 18.0 Å². The Morgan fingerprint density at radius 1 is 0.958 bits per heavy atom. The van der Waals surface area contributed by atoms with E-state index in [0.717, 1.165) is 55.8 Å².